The molecule has 0 aliphatic heterocycles. The fourth-order valence-corrected chi connectivity index (χ4v) is 2.70. The van der Waals surface area contributed by atoms with Gasteiger partial charge in [-0.1, -0.05) is 56.3 Å². The van der Waals surface area contributed by atoms with Crippen molar-refractivity contribution in [3.63, 3.8) is 0 Å². The van der Waals surface area contributed by atoms with Gasteiger partial charge in [0.25, 0.3) is 0 Å². The molecule has 4 heteroatoms. The molecule has 0 aliphatic rings. The van der Waals surface area contributed by atoms with E-state index in [0.717, 1.165) is 22.4 Å². The van der Waals surface area contributed by atoms with Crippen LogP contribution in [-0.4, -0.2) is 11.8 Å². The zero-order chi connectivity index (χ0) is 19.3. The molecule has 2 aromatic carbocycles. The van der Waals surface area contributed by atoms with E-state index in [4.69, 9.17) is 0 Å². The maximum absolute atomic E-state index is 12.8. The minimum atomic E-state index is -1.17. The van der Waals surface area contributed by atoms with Crippen molar-refractivity contribution in [2.75, 3.05) is 5.32 Å². The van der Waals surface area contributed by atoms with Gasteiger partial charge < -0.3 is 10.6 Å². The molecule has 0 saturated heterocycles. The Balaban J connectivity index is 2.07. The molecule has 0 radical (unpaired) electrons. The number of rotatable bonds is 6. The summed E-state index contributed by atoms with van der Waals surface area (Å²) in [6.45, 7) is 9.85. The summed E-state index contributed by atoms with van der Waals surface area (Å²) in [7, 11) is 0. The molecule has 0 fully saturated rings. The minimum Gasteiger partial charge on any atom is -0.351 e. The lowest BCUT2D eigenvalue weighted by Gasteiger charge is -2.24. The Hall–Kier alpha value is -2.62. The first-order valence-electron chi connectivity index (χ1n) is 8.96. The van der Waals surface area contributed by atoms with Crippen LogP contribution in [0.5, 0.6) is 0 Å². The Kier molecular flexibility index (Phi) is 6.19. The normalized spacial score (nSPS) is 11.3. The number of nitrogens with one attached hydrogen (secondary N) is 2. The zero-order valence-corrected chi connectivity index (χ0v) is 16.2. The van der Waals surface area contributed by atoms with Gasteiger partial charge in [0, 0.05) is 12.2 Å². The second-order valence-electron chi connectivity index (χ2n) is 7.43. The van der Waals surface area contributed by atoms with Gasteiger partial charge in [0.1, 0.15) is 5.41 Å². The smallest absolute Gasteiger partial charge is 0.239 e. The van der Waals surface area contributed by atoms with Crippen LogP contribution in [0.3, 0.4) is 0 Å². The summed E-state index contributed by atoms with van der Waals surface area (Å²) in [5.74, 6) is -0.322. The SMILES string of the molecule is Cc1ccccc1CNC(=O)C(C)(C)C(=O)Nc1ccccc1C(C)C. The van der Waals surface area contributed by atoms with Crippen LogP contribution in [-0.2, 0) is 16.1 Å². The monoisotopic (exact) mass is 352 g/mol. The topological polar surface area (TPSA) is 58.2 Å². The highest BCUT2D eigenvalue weighted by molar-refractivity contribution is 6.10. The second kappa shape index (κ2) is 8.17. The van der Waals surface area contributed by atoms with E-state index in [9.17, 15) is 9.59 Å². The molecular formula is C22H28N2O2. The van der Waals surface area contributed by atoms with Crippen molar-refractivity contribution < 1.29 is 9.59 Å². The Morgan fingerprint density at radius 2 is 1.58 bits per heavy atom. The number of hydrogen-bond acceptors (Lipinski definition) is 2. The summed E-state index contributed by atoms with van der Waals surface area (Å²) >= 11 is 0. The number of anilines is 1. The Morgan fingerprint density at radius 3 is 2.23 bits per heavy atom. The average Bonchev–Trinajstić information content (AvgIpc) is 2.60. The van der Waals surface area contributed by atoms with Gasteiger partial charge in [-0.2, -0.15) is 0 Å². The summed E-state index contributed by atoms with van der Waals surface area (Å²) in [6, 6.07) is 15.6. The van der Waals surface area contributed by atoms with E-state index in [1.165, 1.54) is 0 Å². The van der Waals surface area contributed by atoms with E-state index in [0.29, 0.717) is 6.54 Å². The molecule has 4 nitrogen and oxygen atoms in total. The highest BCUT2D eigenvalue weighted by Crippen LogP contribution is 2.26. The molecule has 2 aromatic rings. The Bertz CT molecular complexity index is 794. The number of aryl methyl sites for hydroxylation is 1. The zero-order valence-electron chi connectivity index (χ0n) is 16.2. The fraction of sp³-hybridized carbons (Fsp3) is 0.364. The third-order valence-corrected chi connectivity index (χ3v) is 4.67. The summed E-state index contributed by atoms with van der Waals surface area (Å²) < 4.78 is 0. The van der Waals surface area contributed by atoms with E-state index in [1.54, 1.807) is 13.8 Å². The molecule has 2 N–H and O–H groups in total. The Morgan fingerprint density at radius 1 is 0.962 bits per heavy atom. The van der Waals surface area contributed by atoms with E-state index >= 15 is 0 Å². The molecular weight excluding hydrogens is 324 g/mol. The summed E-state index contributed by atoms with van der Waals surface area (Å²) in [4.78, 5) is 25.4. The molecule has 26 heavy (non-hydrogen) atoms. The van der Waals surface area contributed by atoms with Crippen LogP contribution in [0.2, 0.25) is 0 Å². The van der Waals surface area contributed by atoms with Crippen molar-refractivity contribution in [3.8, 4) is 0 Å². The molecule has 0 spiro atoms. The largest absolute Gasteiger partial charge is 0.351 e. The summed E-state index contributed by atoms with van der Waals surface area (Å²) in [5, 5.41) is 5.81. The third-order valence-electron chi connectivity index (χ3n) is 4.67. The van der Waals surface area contributed by atoms with Gasteiger partial charge in [0.15, 0.2) is 0 Å². The molecule has 2 rings (SSSR count). The number of amides is 2. The van der Waals surface area contributed by atoms with Gasteiger partial charge >= 0.3 is 0 Å². The third kappa shape index (κ3) is 4.51. The van der Waals surface area contributed by atoms with Gasteiger partial charge in [-0.15, -0.1) is 0 Å². The Labute approximate surface area is 156 Å². The van der Waals surface area contributed by atoms with Crippen LogP contribution >= 0.6 is 0 Å². The van der Waals surface area contributed by atoms with Crippen LogP contribution in [0.25, 0.3) is 0 Å². The second-order valence-corrected chi connectivity index (χ2v) is 7.43. The van der Waals surface area contributed by atoms with Crippen LogP contribution in [0, 0.1) is 12.3 Å². The maximum atomic E-state index is 12.8. The van der Waals surface area contributed by atoms with Gasteiger partial charge in [-0.3, -0.25) is 9.59 Å². The molecule has 0 atom stereocenters. The van der Waals surface area contributed by atoms with Gasteiger partial charge in [-0.25, -0.2) is 0 Å². The molecule has 2 amide bonds. The van der Waals surface area contributed by atoms with Crippen LogP contribution in [0.15, 0.2) is 48.5 Å². The van der Waals surface area contributed by atoms with Crippen LogP contribution in [0.1, 0.15) is 50.3 Å². The molecule has 0 unspecified atom stereocenters. The molecule has 0 aromatic heterocycles. The van der Waals surface area contributed by atoms with Crippen molar-refractivity contribution in [2.24, 2.45) is 5.41 Å². The molecule has 0 bridgehead atoms. The first-order chi connectivity index (χ1) is 12.2. The van der Waals surface area contributed by atoms with Gasteiger partial charge in [0.05, 0.1) is 0 Å². The van der Waals surface area contributed by atoms with Crippen molar-refractivity contribution >= 4 is 17.5 Å². The maximum Gasteiger partial charge on any atom is 0.239 e. The van der Waals surface area contributed by atoms with Crippen molar-refractivity contribution in [1.29, 1.82) is 0 Å². The van der Waals surface area contributed by atoms with E-state index in [2.05, 4.69) is 24.5 Å². The summed E-state index contributed by atoms with van der Waals surface area (Å²) in [6.07, 6.45) is 0. The first kappa shape index (κ1) is 19.7. The van der Waals surface area contributed by atoms with Gasteiger partial charge in [0.2, 0.25) is 11.8 Å². The predicted octanol–water partition coefficient (Wildman–Crippen LogP) is 4.40. The highest BCUT2D eigenvalue weighted by atomic mass is 16.2. The summed E-state index contributed by atoms with van der Waals surface area (Å²) in [5.41, 5.74) is 2.79. The molecule has 138 valence electrons. The van der Waals surface area contributed by atoms with Crippen molar-refractivity contribution in [2.45, 2.75) is 47.1 Å². The molecule has 0 heterocycles. The van der Waals surface area contributed by atoms with E-state index in [-0.39, 0.29) is 17.7 Å². The number of carbonyl (C=O) groups excluding carboxylic acids is 2. The molecule has 0 saturated carbocycles. The van der Waals surface area contributed by atoms with Crippen molar-refractivity contribution in [3.05, 3.63) is 65.2 Å². The number of para-hydroxylation sites is 1. The average molecular weight is 352 g/mol. The fourth-order valence-electron chi connectivity index (χ4n) is 2.70. The first-order valence-corrected chi connectivity index (χ1v) is 8.96. The standard InChI is InChI=1S/C22H28N2O2/c1-15(2)18-12-8-9-13-19(18)24-21(26)22(4,5)20(25)23-14-17-11-7-6-10-16(17)3/h6-13,15H,14H2,1-5H3,(H,23,25)(H,24,26). The lowest BCUT2D eigenvalue weighted by atomic mass is 9.90. The van der Waals surface area contributed by atoms with Crippen LogP contribution < -0.4 is 10.6 Å². The number of carbonyl (C=O) groups is 2. The van der Waals surface area contributed by atoms with Gasteiger partial charge in [-0.05, 0) is 49.4 Å². The van der Waals surface area contributed by atoms with E-state index in [1.807, 2.05) is 55.5 Å². The number of hydrogen-bond donors (Lipinski definition) is 2. The predicted molar refractivity (Wildman–Crippen MR) is 106 cm³/mol. The highest BCUT2D eigenvalue weighted by Gasteiger charge is 2.36. The molecule has 0 aliphatic carbocycles. The quantitative estimate of drug-likeness (QED) is 0.757. The minimum absolute atomic E-state index is 0.282. The lowest BCUT2D eigenvalue weighted by Crippen LogP contribution is -2.45. The number of benzene rings is 2. The lowest BCUT2D eigenvalue weighted by molar-refractivity contribution is -0.138. The van der Waals surface area contributed by atoms with E-state index < -0.39 is 5.41 Å². The van der Waals surface area contributed by atoms with Crippen LogP contribution in [0.4, 0.5) is 5.69 Å². The van der Waals surface area contributed by atoms with Crippen molar-refractivity contribution in [1.82, 2.24) is 5.32 Å².